The third-order valence-corrected chi connectivity index (χ3v) is 3.41. The number of rotatable bonds is 2. The van der Waals surface area contributed by atoms with Crippen molar-refractivity contribution in [1.82, 2.24) is 4.98 Å². The van der Waals surface area contributed by atoms with Crippen molar-refractivity contribution in [1.29, 1.82) is 0 Å². The van der Waals surface area contributed by atoms with Crippen LogP contribution in [-0.2, 0) is 5.54 Å². The van der Waals surface area contributed by atoms with E-state index in [4.69, 9.17) is 10.5 Å². The van der Waals surface area contributed by atoms with Gasteiger partial charge in [-0.1, -0.05) is 0 Å². The van der Waals surface area contributed by atoms with E-state index in [0.717, 1.165) is 26.8 Å². The number of hydrogen-bond acceptors (Lipinski definition) is 2. The van der Waals surface area contributed by atoms with Gasteiger partial charge in [-0.3, -0.25) is 0 Å². The number of nitrogens with one attached hydrogen (secondary N) is 1. The summed E-state index contributed by atoms with van der Waals surface area (Å²) in [7, 11) is 1.66. The molecule has 0 saturated carbocycles. The van der Waals surface area contributed by atoms with Crippen LogP contribution < -0.4 is 10.5 Å². The van der Waals surface area contributed by atoms with Crippen LogP contribution in [0.2, 0.25) is 0 Å². The van der Waals surface area contributed by atoms with Crippen LogP contribution in [0.25, 0.3) is 10.9 Å². The topological polar surface area (TPSA) is 51.0 Å². The summed E-state index contributed by atoms with van der Waals surface area (Å²) >= 11 is 3.58. The number of H-pyrrole nitrogens is 1. The molecule has 4 heteroatoms. The van der Waals surface area contributed by atoms with E-state index in [0.29, 0.717) is 0 Å². The van der Waals surface area contributed by atoms with Crippen LogP contribution in [0.3, 0.4) is 0 Å². The average Bonchev–Trinajstić information content (AvgIpc) is 2.55. The lowest BCUT2D eigenvalue weighted by atomic mass is 10.0. The van der Waals surface area contributed by atoms with Gasteiger partial charge in [-0.2, -0.15) is 0 Å². The highest BCUT2D eigenvalue weighted by Gasteiger charge is 2.21. The van der Waals surface area contributed by atoms with Crippen molar-refractivity contribution in [3.05, 3.63) is 28.4 Å². The predicted octanol–water partition coefficient (Wildman–Crippen LogP) is 3.13. The molecule has 0 saturated heterocycles. The van der Waals surface area contributed by atoms with Crippen molar-refractivity contribution < 1.29 is 4.74 Å². The van der Waals surface area contributed by atoms with Gasteiger partial charge >= 0.3 is 0 Å². The molecule has 2 aromatic rings. The van der Waals surface area contributed by atoms with Gasteiger partial charge in [0.15, 0.2) is 0 Å². The van der Waals surface area contributed by atoms with Crippen molar-refractivity contribution in [3.63, 3.8) is 0 Å². The fourth-order valence-electron chi connectivity index (χ4n) is 1.71. The quantitative estimate of drug-likeness (QED) is 0.889. The number of hydrogen-bond donors (Lipinski definition) is 2. The van der Waals surface area contributed by atoms with E-state index >= 15 is 0 Å². The smallest absolute Gasteiger partial charge is 0.120 e. The van der Waals surface area contributed by atoms with Gasteiger partial charge in [-0.05, 0) is 41.9 Å². The van der Waals surface area contributed by atoms with Crippen LogP contribution in [0.4, 0.5) is 0 Å². The van der Waals surface area contributed by atoms with Gasteiger partial charge in [-0.25, -0.2) is 0 Å². The Balaban J connectivity index is 2.68. The first-order chi connectivity index (χ1) is 7.43. The monoisotopic (exact) mass is 282 g/mol. The molecule has 0 bridgehead atoms. The minimum atomic E-state index is -0.398. The zero-order valence-electron chi connectivity index (χ0n) is 9.60. The minimum Gasteiger partial charge on any atom is -0.497 e. The number of fused-ring (bicyclic) bond motifs is 1. The molecule has 0 aliphatic carbocycles. The molecule has 0 aliphatic heterocycles. The maximum Gasteiger partial charge on any atom is 0.120 e. The van der Waals surface area contributed by atoms with E-state index in [1.807, 2.05) is 32.0 Å². The molecule has 86 valence electrons. The van der Waals surface area contributed by atoms with Crippen LogP contribution in [0.1, 0.15) is 19.5 Å². The third-order valence-electron chi connectivity index (χ3n) is 2.59. The first kappa shape index (κ1) is 11.5. The molecule has 2 rings (SSSR count). The summed E-state index contributed by atoms with van der Waals surface area (Å²) in [4.78, 5) is 3.33. The Bertz CT molecular complexity index is 526. The van der Waals surface area contributed by atoms with E-state index in [2.05, 4.69) is 20.9 Å². The van der Waals surface area contributed by atoms with Crippen molar-refractivity contribution in [2.75, 3.05) is 7.11 Å². The summed E-state index contributed by atoms with van der Waals surface area (Å²) < 4.78 is 6.22. The Morgan fingerprint density at radius 1 is 1.38 bits per heavy atom. The number of ether oxygens (including phenoxy) is 1. The summed E-state index contributed by atoms with van der Waals surface area (Å²) in [5.41, 5.74) is 7.73. The first-order valence-corrected chi connectivity index (χ1v) is 5.87. The number of aromatic nitrogens is 1. The molecule has 0 radical (unpaired) electrons. The maximum atomic E-state index is 6.10. The van der Waals surface area contributed by atoms with Crippen molar-refractivity contribution in [2.45, 2.75) is 19.4 Å². The van der Waals surface area contributed by atoms with E-state index in [1.54, 1.807) is 7.11 Å². The summed E-state index contributed by atoms with van der Waals surface area (Å²) in [5.74, 6) is 0.836. The van der Waals surface area contributed by atoms with Gasteiger partial charge in [0.25, 0.3) is 0 Å². The second-order valence-corrected chi connectivity index (χ2v) is 5.24. The number of halogens is 1. The van der Waals surface area contributed by atoms with Gasteiger partial charge in [0, 0.05) is 21.6 Å². The Hall–Kier alpha value is -1.00. The van der Waals surface area contributed by atoms with Crippen molar-refractivity contribution >= 4 is 26.8 Å². The number of methoxy groups -OCH3 is 1. The molecule has 1 aromatic heterocycles. The van der Waals surface area contributed by atoms with E-state index in [9.17, 15) is 0 Å². The van der Waals surface area contributed by atoms with Crippen LogP contribution in [0.15, 0.2) is 22.7 Å². The SMILES string of the molecule is COc1ccc2c(Br)c(C(C)(C)N)[nH]c2c1. The Morgan fingerprint density at radius 3 is 2.62 bits per heavy atom. The highest BCUT2D eigenvalue weighted by Crippen LogP contribution is 2.34. The average molecular weight is 283 g/mol. The highest BCUT2D eigenvalue weighted by atomic mass is 79.9. The van der Waals surface area contributed by atoms with Crippen molar-refractivity contribution in [2.24, 2.45) is 5.73 Å². The first-order valence-electron chi connectivity index (χ1n) is 5.08. The largest absolute Gasteiger partial charge is 0.497 e. The second kappa shape index (κ2) is 3.79. The number of benzene rings is 1. The Kier molecular flexibility index (Phi) is 2.72. The highest BCUT2D eigenvalue weighted by molar-refractivity contribution is 9.10. The van der Waals surface area contributed by atoms with Gasteiger partial charge in [0.05, 0.1) is 18.2 Å². The van der Waals surface area contributed by atoms with Crippen LogP contribution in [0.5, 0.6) is 5.75 Å². The molecular formula is C12H15BrN2O. The standard InChI is InChI=1S/C12H15BrN2O/c1-12(2,14)11-10(13)8-5-4-7(16-3)6-9(8)15-11/h4-6,15H,14H2,1-3H3. The maximum absolute atomic E-state index is 6.10. The minimum absolute atomic E-state index is 0.398. The predicted molar refractivity (Wildman–Crippen MR) is 69.8 cm³/mol. The Labute approximate surface area is 103 Å². The molecule has 3 nitrogen and oxygen atoms in total. The van der Waals surface area contributed by atoms with Gasteiger partial charge in [0.1, 0.15) is 5.75 Å². The molecule has 1 aromatic carbocycles. The molecule has 0 atom stereocenters. The molecule has 0 unspecified atom stereocenters. The lowest BCUT2D eigenvalue weighted by Gasteiger charge is -2.17. The zero-order valence-corrected chi connectivity index (χ0v) is 11.2. The Morgan fingerprint density at radius 2 is 2.06 bits per heavy atom. The molecule has 0 aliphatic rings. The molecule has 3 N–H and O–H groups in total. The summed E-state index contributed by atoms with van der Waals surface area (Å²) in [6.07, 6.45) is 0. The fourth-order valence-corrected chi connectivity index (χ4v) is 2.67. The van der Waals surface area contributed by atoms with Gasteiger partial charge in [0.2, 0.25) is 0 Å². The zero-order chi connectivity index (χ0) is 11.9. The van der Waals surface area contributed by atoms with Gasteiger partial charge in [-0.15, -0.1) is 0 Å². The third kappa shape index (κ3) is 1.83. The normalized spacial score (nSPS) is 12.1. The molecule has 1 heterocycles. The fraction of sp³-hybridized carbons (Fsp3) is 0.333. The molecule has 16 heavy (non-hydrogen) atoms. The molecule has 0 spiro atoms. The summed E-state index contributed by atoms with van der Waals surface area (Å²) in [6, 6.07) is 5.92. The molecule has 0 fully saturated rings. The molecular weight excluding hydrogens is 268 g/mol. The van der Waals surface area contributed by atoms with E-state index in [1.165, 1.54) is 0 Å². The summed E-state index contributed by atoms with van der Waals surface area (Å²) in [6.45, 7) is 3.94. The van der Waals surface area contributed by atoms with Crippen molar-refractivity contribution in [3.8, 4) is 5.75 Å². The number of nitrogens with two attached hydrogens (primary N) is 1. The van der Waals surface area contributed by atoms with Crippen LogP contribution >= 0.6 is 15.9 Å². The molecule has 0 amide bonds. The van der Waals surface area contributed by atoms with Crippen LogP contribution in [0, 0.1) is 0 Å². The number of aromatic amines is 1. The van der Waals surface area contributed by atoms with E-state index in [-0.39, 0.29) is 0 Å². The van der Waals surface area contributed by atoms with Gasteiger partial charge < -0.3 is 15.5 Å². The van der Waals surface area contributed by atoms with Crippen LogP contribution in [-0.4, -0.2) is 12.1 Å². The van der Waals surface area contributed by atoms with E-state index < -0.39 is 5.54 Å². The second-order valence-electron chi connectivity index (χ2n) is 4.45. The lowest BCUT2D eigenvalue weighted by Crippen LogP contribution is -2.29. The lowest BCUT2D eigenvalue weighted by molar-refractivity contribution is 0.415. The summed E-state index contributed by atoms with van der Waals surface area (Å²) in [5, 5.41) is 1.12.